The molecule has 0 aliphatic carbocycles. The van der Waals surface area contributed by atoms with Crippen molar-refractivity contribution < 1.29 is 9.90 Å². The predicted molar refractivity (Wildman–Crippen MR) is 86.6 cm³/mol. The Morgan fingerprint density at radius 3 is 2.36 bits per heavy atom. The average Bonchev–Trinajstić information content (AvgIpc) is 2.54. The van der Waals surface area contributed by atoms with Gasteiger partial charge in [0.15, 0.2) is 0 Å². The van der Waals surface area contributed by atoms with E-state index in [0.29, 0.717) is 5.56 Å². The molecule has 22 heavy (non-hydrogen) atoms. The van der Waals surface area contributed by atoms with Gasteiger partial charge in [-0.05, 0) is 22.4 Å². The Morgan fingerprint density at radius 1 is 0.955 bits per heavy atom. The van der Waals surface area contributed by atoms with E-state index in [2.05, 4.69) is 5.32 Å². The lowest BCUT2D eigenvalue weighted by molar-refractivity contribution is 0.247. The van der Waals surface area contributed by atoms with E-state index in [1.807, 2.05) is 60.7 Å². The molecule has 0 fully saturated rings. The lowest BCUT2D eigenvalue weighted by atomic mass is 9.93. The van der Waals surface area contributed by atoms with Gasteiger partial charge in [0.2, 0.25) is 0 Å². The Labute approximate surface area is 128 Å². The number of nitrogens with two attached hydrogens (primary N) is 1. The van der Waals surface area contributed by atoms with Crippen molar-refractivity contribution in [1.29, 1.82) is 0 Å². The molecule has 0 saturated carbocycles. The molecule has 0 aliphatic rings. The van der Waals surface area contributed by atoms with Gasteiger partial charge in [-0.25, -0.2) is 4.79 Å². The number of amides is 2. The molecular formula is C18H16N2O2. The molecule has 110 valence electrons. The third-order valence-electron chi connectivity index (χ3n) is 3.66. The molecule has 3 aromatic carbocycles. The Balaban J connectivity index is 2.24. The minimum Gasteiger partial charge on any atom is -0.508 e. The molecule has 0 aromatic heterocycles. The van der Waals surface area contributed by atoms with Crippen LogP contribution in [0.15, 0.2) is 66.7 Å². The third-order valence-corrected chi connectivity index (χ3v) is 3.66. The molecule has 0 aliphatic heterocycles. The van der Waals surface area contributed by atoms with Gasteiger partial charge in [-0.1, -0.05) is 60.7 Å². The highest BCUT2D eigenvalue weighted by atomic mass is 16.3. The van der Waals surface area contributed by atoms with E-state index in [-0.39, 0.29) is 5.75 Å². The highest BCUT2D eigenvalue weighted by Crippen LogP contribution is 2.35. The molecule has 0 radical (unpaired) electrons. The Hall–Kier alpha value is -3.01. The molecule has 1 atom stereocenters. The van der Waals surface area contributed by atoms with Crippen LogP contribution in [-0.2, 0) is 0 Å². The largest absolute Gasteiger partial charge is 0.508 e. The summed E-state index contributed by atoms with van der Waals surface area (Å²) in [6.07, 6.45) is 0. The van der Waals surface area contributed by atoms with E-state index in [4.69, 9.17) is 5.73 Å². The maximum atomic E-state index is 11.4. The fourth-order valence-electron chi connectivity index (χ4n) is 2.70. The first-order valence-electron chi connectivity index (χ1n) is 6.98. The van der Waals surface area contributed by atoms with Crippen molar-refractivity contribution in [3.63, 3.8) is 0 Å². The van der Waals surface area contributed by atoms with E-state index in [9.17, 15) is 9.90 Å². The summed E-state index contributed by atoms with van der Waals surface area (Å²) in [7, 11) is 0. The van der Waals surface area contributed by atoms with Crippen molar-refractivity contribution in [2.24, 2.45) is 5.73 Å². The second-order valence-corrected chi connectivity index (χ2v) is 5.07. The van der Waals surface area contributed by atoms with Crippen molar-refractivity contribution in [3.8, 4) is 5.75 Å². The second kappa shape index (κ2) is 5.77. The van der Waals surface area contributed by atoms with Gasteiger partial charge in [0.1, 0.15) is 5.75 Å². The summed E-state index contributed by atoms with van der Waals surface area (Å²) in [4.78, 5) is 11.4. The van der Waals surface area contributed by atoms with Gasteiger partial charge in [-0.3, -0.25) is 0 Å². The smallest absolute Gasteiger partial charge is 0.312 e. The van der Waals surface area contributed by atoms with Gasteiger partial charge < -0.3 is 16.2 Å². The molecular weight excluding hydrogens is 276 g/mol. The Morgan fingerprint density at radius 2 is 1.64 bits per heavy atom. The molecule has 0 saturated heterocycles. The number of rotatable bonds is 3. The number of hydrogen-bond donors (Lipinski definition) is 3. The normalized spacial score (nSPS) is 12.0. The maximum absolute atomic E-state index is 11.4. The van der Waals surface area contributed by atoms with Crippen LogP contribution in [0.3, 0.4) is 0 Å². The van der Waals surface area contributed by atoms with Crippen LogP contribution in [0.25, 0.3) is 10.8 Å². The fraction of sp³-hybridized carbons (Fsp3) is 0.0556. The minimum absolute atomic E-state index is 0.126. The van der Waals surface area contributed by atoms with Gasteiger partial charge in [-0.15, -0.1) is 0 Å². The number of primary amides is 1. The lowest BCUT2D eigenvalue weighted by Gasteiger charge is -2.21. The Bertz CT molecular complexity index is 816. The zero-order valence-corrected chi connectivity index (χ0v) is 11.9. The lowest BCUT2D eigenvalue weighted by Crippen LogP contribution is -2.33. The van der Waals surface area contributed by atoms with E-state index in [1.165, 1.54) is 0 Å². The predicted octanol–water partition coefficient (Wildman–Crippen LogP) is 3.30. The standard InChI is InChI=1S/C18H16N2O2/c19-18(22)20-17(13-7-2-1-3-8-13)16-14-9-5-4-6-12(14)10-11-15(16)21/h1-11,17,21H,(H3,19,20,22). The number of benzene rings is 3. The summed E-state index contributed by atoms with van der Waals surface area (Å²) >= 11 is 0. The number of carbonyl (C=O) groups is 1. The van der Waals surface area contributed by atoms with E-state index in [1.54, 1.807) is 6.07 Å². The van der Waals surface area contributed by atoms with E-state index >= 15 is 0 Å². The highest BCUT2D eigenvalue weighted by molar-refractivity contribution is 5.89. The zero-order chi connectivity index (χ0) is 15.5. The van der Waals surface area contributed by atoms with Gasteiger partial charge in [-0.2, -0.15) is 0 Å². The van der Waals surface area contributed by atoms with Crippen LogP contribution in [0, 0.1) is 0 Å². The summed E-state index contributed by atoms with van der Waals surface area (Å²) in [5.41, 5.74) is 6.83. The number of carbonyl (C=O) groups excluding carboxylic acids is 1. The van der Waals surface area contributed by atoms with Gasteiger partial charge in [0.05, 0.1) is 6.04 Å². The summed E-state index contributed by atoms with van der Waals surface area (Å²) in [6.45, 7) is 0. The third kappa shape index (κ3) is 2.59. The number of phenolic OH excluding ortho intramolecular Hbond substituents is 1. The average molecular weight is 292 g/mol. The van der Waals surface area contributed by atoms with Crippen molar-refractivity contribution in [2.45, 2.75) is 6.04 Å². The van der Waals surface area contributed by atoms with Crippen LogP contribution in [0.1, 0.15) is 17.2 Å². The number of phenols is 1. The number of hydrogen-bond acceptors (Lipinski definition) is 2. The summed E-state index contributed by atoms with van der Waals surface area (Å²) in [6, 6.07) is 19.5. The summed E-state index contributed by atoms with van der Waals surface area (Å²) in [5.74, 6) is 0.126. The van der Waals surface area contributed by atoms with Crippen LogP contribution >= 0.6 is 0 Å². The van der Waals surface area contributed by atoms with Crippen LogP contribution in [0.5, 0.6) is 5.75 Å². The summed E-state index contributed by atoms with van der Waals surface area (Å²) < 4.78 is 0. The zero-order valence-electron chi connectivity index (χ0n) is 11.9. The van der Waals surface area contributed by atoms with E-state index in [0.717, 1.165) is 16.3 Å². The second-order valence-electron chi connectivity index (χ2n) is 5.07. The molecule has 4 nitrogen and oxygen atoms in total. The quantitative estimate of drug-likeness (QED) is 0.692. The molecule has 0 heterocycles. The van der Waals surface area contributed by atoms with Crippen LogP contribution in [-0.4, -0.2) is 11.1 Å². The van der Waals surface area contributed by atoms with Crippen molar-refractivity contribution in [3.05, 3.63) is 77.9 Å². The van der Waals surface area contributed by atoms with Gasteiger partial charge in [0, 0.05) is 5.56 Å². The molecule has 4 heteroatoms. The van der Waals surface area contributed by atoms with Crippen LogP contribution in [0.2, 0.25) is 0 Å². The maximum Gasteiger partial charge on any atom is 0.312 e. The van der Waals surface area contributed by atoms with Gasteiger partial charge >= 0.3 is 6.03 Å². The van der Waals surface area contributed by atoms with Gasteiger partial charge in [0.25, 0.3) is 0 Å². The fourth-order valence-corrected chi connectivity index (χ4v) is 2.70. The topological polar surface area (TPSA) is 75.4 Å². The number of fused-ring (bicyclic) bond motifs is 1. The highest BCUT2D eigenvalue weighted by Gasteiger charge is 2.21. The van der Waals surface area contributed by atoms with Crippen LogP contribution in [0.4, 0.5) is 4.79 Å². The van der Waals surface area contributed by atoms with Crippen molar-refractivity contribution in [1.82, 2.24) is 5.32 Å². The molecule has 0 bridgehead atoms. The molecule has 1 unspecified atom stereocenters. The first kappa shape index (κ1) is 13.9. The molecule has 3 aromatic rings. The van der Waals surface area contributed by atoms with Crippen LogP contribution < -0.4 is 11.1 Å². The molecule has 3 rings (SSSR count). The van der Waals surface area contributed by atoms with Crippen molar-refractivity contribution in [2.75, 3.05) is 0 Å². The number of urea groups is 1. The number of aromatic hydroxyl groups is 1. The molecule has 2 amide bonds. The monoisotopic (exact) mass is 292 g/mol. The number of nitrogens with one attached hydrogen (secondary N) is 1. The van der Waals surface area contributed by atoms with Crippen molar-refractivity contribution >= 4 is 16.8 Å². The Kier molecular flexibility index (Phi) is 3.66. The first-order chi connectivity index (χ1) is 10.7. The SMILES string of the molecule is NC(=O)NC(c1ccccc1)c1c(O)ccc2ccccc12. The minimum atomic E-state index is -0.638. The molecule has 4 N–H and O–H groups in total. The summed E-state index contributed by atoms with van der Waals surface area (Å²) in [5, 5.41) is 15.0. The first-order valence-corrected chi connectivity index (χ1v) is 6.98. The van der Waals surface area contributed by atoms with E-state index < -0.39 is 12.1 Å². The molecule has 0 spiro atoms.